The molecule has 38 heavy (non-hydrogen) atoms. The van der Waals surface area contributed by atoms with Crippen LogP contribution in [0.2, 0.25) is 0 Å². The van der Waals surface area contributed by atoms with Gasteiger partial charge in [0, 0.05) is 29.6 Å². The van der Waals surface area contributed by atoms with Gasteiger partial charge in [-0.25, -0.2) is 4.98 Å². The van der Waals surface area contributed by atoms with Crippen LogP contribution in [0.25, 0.3) is 11.1 Å². The molecule has 5 rings (SSSR count). The van der Waals surface area contributed by atoms with Gasteiger partial charge in [0.05, 0.1) is 29.6 Å². The molecule has 6 nitrogen and oxygen atoms in total. The fourth-order valence-corrected chi connectivity index (χ4v) is 5.29. The van der Waals surface area contributed by atoms with E-state index >= 15 is 0 Å². The highest BCUT2D eigenvalue weighted by Gasteiger charge is 2.32. The van der Waals surface area contributed by atoms with Crippen LogP contribution >= 0.6 is 11.8 Å². The smallest absolute Gasteiger partial charge is 0.251 e. The number of carbonyl (C=O) groups excluding carboxylic acids is 1. The van der Waals surface area contributed by atoms with Crippen molar-refractivity contribution >= 4 is 29.2 Å². The number of rotatable bonds is 8. The number of nitrogens with one attached hydrogen (secondary N) is 2. The monoisotopic (exact) mass is 522 g/mol. The van der Waals surface area contributed by atoms with Crippen LogP contribution in [0.3, 0.4) is 0 Å². The van der Waals surface area contributed by atoms with Gasteiger partial charge in [-0.1, -0.05) is 54.6 Å². The van der Waals surface area contributed by atoms with E-state index < -0.39 is 12.1 Å². The van der Waals surface area contributed by atoms with E-state index in [0.717, 1.165) is 44.6 Å². The first-order valence-corrected chi connectivity index (χ1v) is 13.6. The Balaban J connectivity index is 1.21. The number of thioether (sulfide) groups is 1. The largest absolute Gasteiger partial charge is 0.390 e. The molecular weight excluding hydrogens is 492 g/mol. The average molecular weight is 523 g/mol. The van der Waals surface area contributed by atoms with Gasteiger partial charge in [0.1, 0.15) is 0 Å². The maximum atomic E-state index is 13.1. The Bertz CT molecular complexity index is 1410. The summed E-state index contributed by atoms with van der Waals surface area (Å²) in [6, 6.07) is 29.0. The Labute approximate surface area is 227 Å². The third-order valence-corrected chi connectivity index (χ3v) is 7.41. The van der Waals surface area contributed by atoms with E-state index in [1.165, 1.54) is 0 Å². The van der Waals surface area contributed by atoms with E-state index in [-0.39, 0.29) is 5.91 Å². The molecule has 0 fully saturated rings. The van der Waals surface area contributed by atoms with Gasteiger partial charge < -0.3 is 15.7 Å². The quantitative estimate of drug-likeness (QED) is 0.119. The molecule has 0 radical (unpaired) electrons. The molecule has 0 saturated heterocycles. The molecule has 0 bridgehead atoms. The number of aliphatic hydroxyl groups is 1. The molecule has 1 unspecified atom stereocenters. The van der Waals surface area contributed by atoms with E-state index in [1.54, 1.807) is 18.0 Å². The summed E-state index contributed by atoms with van der Waals surface area (Å²) in [6.07, 6.45) is 1.62. The van der Waals surface area contributed by atoms with Crippen LogP contribution in [0.1, 0.15) is 34.5 Å². The van der Waals surface area contributed by atoms with Gasteiger partial charge in [0.2, 0.25) is 0 Å². The minimum absolute atomic E-state index is 0.206. The summed E-state index contributed by atoms with van der Waals surface area (Å²) < 4.78 is 0. The second kappa shape index (κ2) is 12.1. The molecule has 0 saturated carbocycles. The number of benzene rings is 3. The van der Waals surface area contributed by atoms with Gasteiger partial charge in [-0.3, -0.25) is 9.79 Å². The normalized spacial score (nSPS) is 16.6. The number of hydrogen-bond acceptors (Lipinski definition) is 5. The van der Waals surface area contributed by atoms with E-state index in [1.807, 2.05) is 97.9 Å². The number of aromatic nitrogens is 1. The van der Waals surface area contributed by atoms with Crippen molar-refractivity contribution in [2.75, 3.05) is 17.6 Å². The summed E-state index contributed by atoms with van der Waals surface area (Å²) in [7, 11) is 0. The number of amides is 1. The van der Waals surface area contributed by atoms with E-state index in [0.29, 0.717) is 18.5 Å². The lowest BCUT2D eigenvalue weighted by molar-refractivity contribution is 0.0858. The van der Waals surface area contributed by atoms with Gasteiger partial charge >= 0.3 is 0 Å². The van der Waals surface area contributed by atoms with Gasteiger partial charge in [-0.2, -0.15) is 0 Å². The van der Waals surface area contributed by atoms with Crippen LogP contribution in [0.5, 0.6) is 0 Å². The number of carbonyl (C=O) groups is 1. The topological polar surface area (TPSA) is 86.6 Å². The second-order valence-electron chi connectivity index (χ2n) is 9.19. The molecule has 3 N–H and O–H groups in total. The molecule has 7 heteroatoms. The van der Waals surface area contributed by atoms with Gasteiger partial charge in [-0.05, 0) is 65.6 Å². The second-order valence-corrected chi connectivity index (χ2v) is 10.3. The summed E-state index contributed by atoms with van der Waals surface area (Å²) in [5, 5.41) is 18.1. The molecule has 3 aromatic carbocycles. The fraction of sp³-hybridized carbons (Fsp3) is 0.194. The molecule has 1 heterocycles. The number of fused-ring (bicyclic) bond motifs is 1. The van der Waals surface area contributed by atoms with Gasteiger partial charge in [0.25, 0.3) is 5.91 Å². The predicted octanol–water partition coefficient (Wildman–Crippen LogP) is 5.76. The summed E-state index contributed by atoms with van der Waals surface area (Å²) in [6.45, 7) is 2.61. The predicted molar refractivity (Wildman–Crippen MR) is 155 cm³/mol. The van der Waals surface area contributed by atoms with Crippen LogP contribution in [-0.4, -0.2) is 40.2 Å². The zero-order valence-corrected chi connectivity index (χ0v) is 22.0. The zero-order valence-electron chi connectivity index (χ0n) is 21.2. The number of aliphatic hydroxyl groups excluding tert-OH is 1. The molecule has 0 aliphatic heterocycles. The molecule has 2 atom stereocenters. The molecule has 0 spiro atoms. The maximum absolute atomic E-state index is 13.1. The van der Waals surface area contributed by atoms with Crippen molar-refractivity contribution in [3.05, 3.63) is 114 Å². The van der Waals surface area contributed by atoms with Gasteiger partial charge in [-0.15, -0.1) is 11.8 Å². The minimum Gasteiger partial charge on any atom is -0.390 e. The molecule has 1 aromatic heterocycles. The van der Waals surface area contributed by atoms with Crippen LogP contribution < -0.4 is 10.6 Å². The number of hydrogen-bond donors (Lipinski definition) is 3. The van der Waals surface area contributed by atoms with Crippen molar-refractivity contribution in [3.63, 3.8) is 0 Å². The van der Waals surface area contributed by atoms with Crippen LogP contribution in [0.4, 0.5) is 5.69 Å². The third kappa shape index (κ3) is 6.30. The van der Waals surface area contributed by atoms with Crippen molar-refractivity contribution in [2.24, 2.45) is 4.99 Å². The lowest BCUT2D eigenvalue weighted by Crippen LogP contribution is -2.33. The molecule has 4 aromatic rings. The van der Waals surface area contributed by atoms with Crippen molar-refractivity contribution in [2.45, 2.75) is 30.5 Å². The van der Waals surface area contributed by atoms with Gasteiger partial charge in [0.15, 0.2) is 0 Å². The Morgan fingerprint density at radius 2 is 1.76 bits per heavy atom. The Kier molecular flexibility index (Phi) is 8.16. The Morgan fingerprint density at radius 1 is 1.00 bits per heavy atom. The van der Waals surface area contributed by atoms with Crippen molar-refractivity contribution in [1.82, 2.24) is 10.3 Å². The first-order chi connectivity index (χ1) is 18.6. The lowest BCUT2D eigenvalue weighted by Gasteiger charge is -2.19. The highest BCUT2D eigenvalue weighted by molar-refractivity contribution is 7.99. The van der Waals surface area contributed by atoms with Crippen molar-refractivity contribution < 1.29 is 9.90 Å². The third-order valence-electron chi connectivity index (χ3n) is 6.49. The number of pyridine rings is 1. The van der Waals surface area contributed by atoms with Crippen molar-refractivity contribution in [1.29, 1.82) is 0 Å². The highest BCUT2D eigenvalue weighted by atomic mass is 32.2. The number of aliphatic imine (C=N–C) groups is 1. The van der Waals surface area contributed by atoms with Crippen LogP contribution in [0.15, 0.2) is 107 Å². The average Bonchev–Trinajstić information content (AvgIpc) is 3.26. The van der Waals surface area contributed by atoms with E-state index in [2.05, 4.69) is 20.6 Å². The molecular formula is C31H30N4O2S. The molecule has 192 valence electrons. The van der Waals surface area contributed by atoms with E-state index in [4.69, 9.17) is 0 Å². The minimum atomic E-state index is -0.675. The zero-order chi connectivity index (χ0) is 26.3. The highest BCUT2D eigenvalue weighted by Crippen LogP contribution is 2.34. The fourth-order valence-electron chi connectivity index (χ4n) is 4.59. The standard InChI is InChI=1S/C31H30N4O2S/c1-21(32-17-18-38-29-9-5-6-16-33-29)34-26-15-14-25-19-28(36)30(27(25)20-26)35-31(37)24-12-10-23(11-13-24)22-7-3-2-4-8-22/h2-16,20,28,30,36H,17-19H2,1H3,(H,32,34)(H,35,37)/t28-,30?/m1/s1. The SMILES string of the molecule is CC(=NCCSc1ccccn1)Nc1ccc2c(c1)C(NC(=O)c1ccc(-c3ccccc3)cc1)[C@H](O)C2. The summed E-state index contributed by atoms with van der Waals surface area (Å²) in [5.41, 5.74) is 5.56. The Hall–Kier alpha value is -3.94. The lowest BCUT2D eigenvalue weighted by atomic mass is 10.0. The molecule has 1 aliphatic carbocycles. The number of anilines is 1. The number of nitrogens with zero attached hydrogens (tertiary/aromatic N) is 2. The van der Waals surface area contributed by atoms with Crippen LogP contribution in [-0.2, 0) is 6.42 Å². The summed E-state index contributed by atoms with van der Waals surface area (Å²) >= 11 is 1.67. The Morgan fingerprint density at radius 3 is 2.53 bits per heavy atom. The maximum Gasteiger partial charge on any atom is 0.251 e. The molecule has 1 aliphatic rings. The first-order valence-electron chi connectivity index (χ1n) is 12.7. The molecule has 1 amide bonds. The van der Waals surface area contributed by atoms with E-state index in [9.17, 15) is 9.90 Å². The summed E-state index contributed by atoms with van der Waals surface area (Å²) in [5.74, 6) is 1.44. The summed E-state index contributed by atoms with van der Waals surface area (Å²) in [4.78, 5) is 22.0. The van der Waals surface area contributed by atoms with Crippen molar-refractivity contribution in [3.8, 4) is 11.1 Å². The number of amidine groups is 1. The first kappa shape index (κ1) is 25.7. The van der Waals surface area contributed by atoms with Crippen LogP contribution in [0, 0.1) is 0 Å².